The van der Waals surface area contributed by atoms with E-state index in [4.69, 9.17) is 4.74 Å². The van der Waals surface area contributed by atoms with E-state index in [1.54, 1.807) is 12.1 Å². The first-order valence-corrected chi connectivity index (χ1v) is 8.92. The van der Waals surface area contributed by atoms with Crippen LogP contribution in [0.2, 0.25) is 0 Å². The Kier molecular flexibility index (Phi) is 6.43. The summed E-state index contributed by atoms with van der Waals surface area (Å²) in [5, 5.41) is 13.6. The second-order valence-electron chi connectivity index (χ2n) is 6.77. The number of benzene rings is 1. The third-order valence-corrected chi connectivity index (χ3v) is 4.86. The lowest BCUT2D eigenvalue weighted by molar-refractivity contribution is 0.00531. The third-order valence-electron chi connectivity index (χ3n) is 4.86. The van der Waals surface area contributed by atoms with Gasteiger partial charge in [-0.1, -0.05) is 12.1 Å². The van der Waals surface area contributed by atoms with E-state index in [9.17, 15) is 9.50 Å². The number of hydrogen-bond donors (Lipinski definition) is 2. The standard InChI is InChI=1S/C18H28FN3O2/c19-17-3-1-2-4-18(17)20-15-5-7-21(8-6-15)13-16(23)14-22-9-11-24-12-10-22/h1-4,15-16,20,23H,5-14H2. The predicted molar refractivity (Wildman–Crippen MR) is 92.8 cm³/mol. The van der Waals surface area contributed by atoms with Gasteiger partial charge < -0.3 is 20.1 Å². The molecule has 2 fully saturated rings. The van der Waals surface area contributed by atoms with Crippen LogP contribution in [-0.2, 0) is 4.74 Å². The normalized spacial score (nSPS) is 22.4. The van der Waals surface area contributed by atoms with Crippen LogP contribution in [0.4, 0.5) is 10.1 Å². The zero-order valence-electron chi connectivity index (χ0n) is 14.2. The molecule has 2 aliphatic rings. The fraction of sp³-hybridized carbons (Fsp3) is 0.667. The molecule has 1 unspecified atom stereocenters. The number of morpholine rings is 1. The summed E-state index contributed by atoms with van der Waals surface area (Å²) >= 11 is 0. The number of halogens is 1. The van der Waals surface area contributed by atoms with E-state index in [-0.39, 0.29) is 11.9 Å². The first-order valence-electron chi connectivity index (χ1n) is 8.92. The molecule has 1 atom stereocenters. The first kappa shape index (κ1) is 17.6. The van der Waals surface area contributed by atoms with Gasteiger partial charge in [-0.25, -0.2) is 4.39 Å². The fourth-order valence-corrected chi connectivity index (χ4v) is 3.50. The molecule has 2 N–H and O–H groups in total. The predicted octanol–water partition coefficient (Wildman–Crippen LogP) is 1.40. The van der Waals surface area contributed by atoms with E-state index in [0.29, 0.717) is 18.3 Å². The Bertz CT molecular complexity index is 503. The number of rotatable bonds is 6. The van der Waals surface area contributed by atoms with Crippen LogP contribution in [0.15, 0.2) is 24.3 Å². The second kappa shape index (κ2) is 8.76. The quantitative estimate of drug-likeness (QED) is 0.822. The van der Waals surface area contributed by atoms with Crippen LogP contribution in [0.25, 0.3) is 0 Å². The molecule has 2 saturated heterocycles. The van der Waals surface area contributed by atoms with Crippen molar-refractivity contribution in [2.75, 3.05) is 57.8 Å². The first-order chi connectivity index (χ1) is 11.7. The lowest BCUT2D eigenvalue weighted by Crippen LogP contribution is -2.47. The van der Waals surface area contributed by atoms with Crippen LogP contribution in [0.5, 0.6) is 0 Å². The van der Waals surface area contributed by atoms with Gasteiger partial charge >= 0.3 is 0 Å². The highest BCUT2D eigenvalue weighted by Crippen LogP contribution is 2.19. The summed E-state index contributed by atoms with van der Waals surface area (Å²) in [4.78, 5) is 4.57. The van der Waals surface area contributed by atoms with Gasteiger partial charge in [0.15, 0.2) is 0 Å². The van der Waals surface area contributed by atoms with Crippen LogP contribution in [-0.4, -0.2) is 79.5 Å². The summed E-state index contributed by atoms with van der Waals surface area (Å²) in [5.74, 6) is -0.194. The Morgan fingerprint density at radius 2 is 1.71 bits per heavy atom. The Morgan fingerprint density at radius 3 is 2.38 bits per heavy atom. The molecule has 1 aromatic rings. The highest BCUT2D eigenvalue weighted by Gasteiger charge is 2.23. The van der Waals surface area contributed by atoms with E-state index >= 15 is 0 Å². The molecule has 134 valence electrons. The molecule has 0 spiro atoms. The number of ether oxygens (including phenoxy) is 1. The Balaban J connectivity index is 1.38. The maximum atomic E-state index is 13.7. The average Bonchev–Trinajstić information content (AvgIpc) is 2.59. The maximum absolute atomic E-state index is 13.7. The minimum atomic E-state index is -0.320. The van der Waals surface area contributed by atoms with Crippen molar-refractivity contribution in [1.29, 1.82) is 0 Å². The molecule has 2 aliphatic heterocycles. The molecular weight excluding hydrogens is 309 g/mol. The van der Waals surface area contributed by atoms with Gasteiger partial charge in [0, 0.05) is 45.3 Å². The summed E-state index contributed by atoms with van der Waals surface area (Å²) in [5.41, 5.74) is 0.586. The van der Waals surface area contributed by atoms with Crippen LogP contribution < -0.4 is 5.32 Å². The topological polar surface area (TPSA) is 48.0 Å². The third kappa shape index (κ3) is 5.14. The van der Waals surface area contributed by atoms with Crippen molar-refractivity contribution in [3.05, 3.63) is 30.1 Å². The number of β-amino-alcohol motifs (C(OH)–C–C–N with tert-alkyl or cyclic N) is 1. The summed E-state index contributed by atoms with van der Waals surface area (Å²) < 4.78 is 19.0. The largest absolute Gasteiger partial charge is 0.390 e. The van der Waals surface area contributed by atoms with Crippen molar-refractivity contribution in [3.63, 3.8) is 0 Å². The zero-order chi connectivity index (χ0) is 16.8. The molecule has 3 rings (SSSR count). The minimum absolute atomic E-state index is 0.194. The van der Waals surface area contributed by atoms with Gasteiger partial charge in [-0.15, -0.1) is 0 Å². The lowest BCUT2D eigenvalue weighted by Gasteiger charge is -2.35. The van der Waals surface area contributed by atoms with Crippen LogP contribution in [0.3, 0.4) is 0 Å². The highest BCUT2D eigenvalue weighted by atomic mass is 19.1. The highest BCUT2D eigenvalue weighted by molar-refractivity contribution is 5.45. The number of nitrogens with zero attached hydrogens (tertiary/aromatic N) is 2. The fourth-order valence-electron chi connectivity index (χ4n) is 3.50. The number of nitrogens with one attached hydrogen (secondary N) is 1. The van der Waals surface area contributed by atoms with Crippen molar-refractivity contribution in [1.82, 2.24) is 9.80 Å². The molecule has 0 aliphatic carbocycles. The smallest absolute Gasteiger partial charge is 0.146 e. The van der Waals surface area contributed by atoms with Crippen molar-refractivity contribution in [3.8, 4) is 0 Å². The number of anilines is 1. The molecule has 0 saturated carbocycles. The molecule has 24 heavy (non-hydrogen) atoms. The van der Waals surface area contributed by atoms with E-state index in [1.165, 1.54) is 6.07 Å². The van der Waals surface area contributed by atoms with Gasteiger partial charge in [-0.3, -0.25) is 4.90 Å². The minimum Gasteiger partial charge on any atom is -0.390 e. The van der Waals surface area contributed by atoms with Crippen molar-refractivity contribution >= 4 is 5.69 Å². The zero-order valence-corrected chi connectivity index (χ0v) is 14.2. The van der Waals surface area contributed by atoms with Crippen LogP contribution in [0, 0.1) is 5.82 Å². The van der Waals surface area contributed by atoms with Crippen molar-refractivity contribution in [2.45, 2.75) is 25.0 Å². The molecule has 1 aromatic carbocycles. The molecule has 5 nitrogen and oxygen atoms in total. The summed E-state index contributed by atoms with van der Waals surface area (Å²) in [6.45, 7) is 6.65. The molecular formula is C18H28FN3O2. The van der Waals surface area contributed by atoms with Gasteiger partial charge in [-0.05, 0) is 25.0 Å². The van der Waals surface area contributed by atoms with E-state index < -0.39 is 0 Å². The van der Waals surface area contributed by atoms with Gasteiger partial charge in [0.05, 0.1) is 25.0 Å². The lowest BCUT2D eigenvalue weighted by atomic mass is 10.0. The number of hydrogen-bond acceptors (Lipinski definition) is 5. The number of likely N-dealkylation sites (tertiary alicyclic amines) is 1. The SMILES string of the molecule is OC(CN1CCOCC1)CN1CCC(Nc2ccccc2F)CC1. The van der Waals surface area contributed by atoms with E-state index in [2.05, 4.69) is 15.1 Å². The maximum Gasteiger partial charge on any atom is 0.146 e. The number of aliphatic hydroxyl groups excluding tert-OH is 1. The van der Waals surface area contributed by atoms with Gasteiger partial charge in [0.2, 0.25) is 0 Å². The van der Waals surface area contributed by atoms with Gasteiger partial charge in [0.25, 0.3) is 0 Å². The molecule has 0 bridgehead atoms. The number of para-hydroxylation sites is 1. The monoisotopic (exact) mass is 337 g/mol. The summed E-state index contributed by atoms with van der Waals surface area (Å²) in [7, 11) is 0. The van der Waals surface area contributed by atoms with Gasteiger partial charge in [0.1, 0.15) is 5.82 Å². The van der Waals surface area contributed by atoms with E-state index in [0.717, 1.165) is 58.8 Å². The van der Waals surface area contributed by atoms with Crippen molar-refractivity contribution < 1.29 is 14.2 Å². The molecule has 2 heterocycles. The van der Waals surface area contributed by atoms with Crippen LogP contribution >= 0.6 is 0 Å². The molecule has 6 heteroatoms. The average molecular weight is 337 g/mol. The van der Waals surface area contributed by atoms with E-state index in [1.807, 2.05) is 6.07 Å². The van der Waals surface area contributed by atoms with Crippen molar-refractivity contribution in [2.24, 2.45) is 0 Å². The summed E-state index contributed by atoms with van der Waals surface area (Å²) in [6.07, 6.45) is 1.62. The Labute approximate surface area is 143 Å². The van der Waals surface area contributed by atoms with Gasteiger partial charge in [-0.2, -0.15) is 0 Å². The number of piperidine rings is 1. The molecule has 0 amide bonds. The number of aliphatic hydroxyl groups is 1. The Morgan fingerprint density at radius 1 is 1.08 bits per heavy atom. The Hall–Kier alpha value is -1.21. The van der Waals surface area contributed by atoms with Crippen LogP contribution in [0.1, 0.15) is 12.8 Å². The summed E-state index contributed by atoms with van der Waals surface area (Å²) in [6, 6.07) is 7.13. The molecule has 0 aromatic heterocycles. The molecule has 0 radical (unpaired) electrons. The second-order valence-corrected chi connectivity index (χ2v) is 6.77.